The number of rotatable bonds is 5. The van der Waals surface area contributed by atoms with Crippen LogP contribution in [0.3, 0.4) is 0 Å². The summed E-state index contributed by atoms with van der Waals surface area (Å²) in [6.07, 6.45) is 0. The Morgan fingerprint density at radius 2 is 1.79 bits per heavy atom. The Bertz CT molecular complexity index is 955. The molecule has 0 spiro atoms. The van der Waals surface area contributed by atoms with Gasteiger partial charge in [0.15, 0.2) is 0 Å². The van der Waals surface area contributed by atoms with Gasteiger partial charge in [0.2, 0.25) is 10.0 Å². The van der Waals surface area contributed by atoms with E-state index in [2.05, 4.69) is 5.32 Å². The van der Waals surface area contributed by atoms with Crippen LogP contribution in [0.15, 0.2) is 47.4 Å². The molecule has 1 aliphatic rings. The highest BCUT2D eigenvalue weighted by Crippen LogP contribution is 2.23. The van der Waals surface area contributed by atoms with Crippen LogP contribution in [0.2, 0.25) is 0 Å². The molecule has 150 valence electrons. The average molecular weight is 406 g/mol. The smallest absolute Gasteiger partial charge is 0.251 e. The van der Waals surface area contributed by atoms with Crippen LogP contribution in [-0.4, -0.2) is 44.9 Å². The second kappa shape index (κ2) is 8.38. The summed E-state index contributed by atoms with van der Waals surface area (Å²) in [5, 5.41) is 2.82. The van der Waals surface area contributed by atoms with Crippen molar-refractivity contribution >= 4 is 15.9 Å². The number of carbonyl (C=O) groups excluding carboxylic acids is 1. The van der Waals surface area contributed by atoms with Gasteiger partial charge in [0.05, 0.1) is 24.2 Å². The van der Waals surface area contributed by atoms with Gasteiger partial charge in [0, 0.05) is 18.7 Å². The van der Waals surface area contributed by atoms with Crippen LogP contribution in [0.25, 0.3) is 0 Å². The summed E-state index contributed by atoms with van der Waals surface area (Å²) >= 11 is 0. The molecule has 0 saturated carbocycles. The van der Waals surface area contributed by atoms with Crippen LogP contribution in [0.5, 0.6) is 0 Å². The topological polar surface area (TPSA) is 75.7 Å². The number of nitrogens with zero attached hydrogens (tertiary/aromatic N) is 1. The minimum atomic E-state index is -3.70. The highest BCUT2D eigenvalue weighted by molar-refractivity contribution is 7.89. The molecule has 3 rings (SSSR count). The third-order valence-electron chi connectivity index (χ3n) is 4.76. The van der Waals surface area contributed by atoms with Gasteiger partial charge in [0.25, 0.3) is 5.91 Å². The lowest BCUT2D eigenvalue weighted by molar-refractivity contribution is 0.0730. The molecule has 1 aliphatic heterocycles. The third kappa shape index (κ3) is 4.40. The van der Waals surface area contributed by atoms with E-state index in [1.54, 1.807) is 38.1 Å². The molecule has 1 saturated heterocycles. The number of halogens is 1. The zero-order valence-corrected chi connectivity index (χ0v) is 16.6. The Hall–Kier alpha value is -2.29. The fourth-order valence-electron chi connectivity index (χ4n) is 3.06. The molecule has 8 heteroatoms. The predicted octanol–water partition coefficient (Wildman–Crippen LogP) is 2.65. The number of hydrogen-bond donors (Lipinski definition) is 1. The van der Waals surface area contributed by atoms with Crippen LogP contribution in [0, 0.1) is 12.7 Å². The van der Waals surface area contributed by atoms with Crippen LogP contribution < -0.4 is 5.32 Å². The molecule has 0 bridgehead atoms. The number of ether oxygens (including phenoxy) is 1. The standard InChI is InChI=1S/C20H23FN2O4S/c1-14-3-4-17(13-19(14)28(25,26)23-9-11-27-12-10-23)20(24)22-15(2)16-5-7-18(21)8-6-16/h3-8,13,15H,9-12H2,1-2H3,(H,22,24). The maximum Gasteiger partial charge on any atom is 0.251 e. The van der Waals surface area contributed by atoms with Gasteiger partial charge in [-0.15, -0.1) is 0 Å². The van der Waals surface area contributed by atoms with Gasteiger partial charge in [-0.25, -0.2) is 12.8 Å². The van der Waals surface area contributed by atoms with Crippen molar-refractivity contribution < 1.29 is 22.3 Å². The second-order valence-corrected chi connectivity index (χ2v) is 8.65. The van der Waals surface area contributed by atoms with Crippen molar-refractivity contribution in [3.05, 3.63) is 65.0 Å². The number of benzene rings is 2. The summed E-state index contributed by atoms with van der Waals surface area (Å²) in [6.45, 7) is 4.78. The van der Waals surface area contributed by atoms with Crippen molar-refractivity contribution in [3.63, 3.8) is 0 Å². The van der Waals surface area contributed by atoms with Crippen molar-refractivity contribution in [3.8, 4) is 0 Å². The highest BCUT2D eigenvalue weighted by Gasteiger charge is 2.28. The fraction of sp³-hybridized carbons (Fsp3) is 0.350. The summed E-state index contributed by atoms with van der Waals surface area (Å²) in [5.74, 6) is -0.742. The Kier molecular flexibility index (Phi) is 6.12. The van der Waals surface area contributed by atoms with Gasteiger partial charge in [0.1, 0.15) is 5.82 Å². The van der Waals surface area contributed by atoms with Crippen LogP contribution >= 0.6 is 0 Å². The molecule has 1 atom stereocenters. The predicted molar refractivity (Wildman–Crippen MR) is 103 cm³/mol. The Morgan fingerprint density at radius 1 is 1.14 bits per heavy atom. The largest absolute Gasteiger partial charge is 0.379 e. The quantitative estimate of drug-likeness (QED) is 0.828. The highest BCUT2D eigenvalue weighted by atomic mass is 32.2. The number of aryl methyl sites for hydroxylation is 1. The average Bonchev–Trinajstić information content (AvgIpc) is 2.69. The molecule has 1 fully saturated rings. The second-order valence-electron chi connectivity index (χ2n) is 6.74. The monoisotopic (exact) mass is 406 g/mol. The zero-order valence-electron chi connectivity index (χ0n) is 15.8. The Balaban J connectivity index is 1.82. The first kappa shape index (κ1) is 20.4. The van der Waals surface area contributed by atoms with Crippen LogP contribution in [0.1, 0.15) is 34.5 Å². The summed E-state index contributed by atoms with van der Waals surface area (Å²) in [7, 11) is -3.70. The third-order valence-corrected chi connectivity index (χ3v) is 6.80. The minimum absolute atomic E-state index is 0.122. The first-order chi connectivity index (χ1) is 13.3. The van der Waals surface area contributed by atoms with Crippen LogP contribution in [0.4, 0.5) is 4.39 Å². The summed E-state index contributed by atoms with van der Waals surface area (Å²) in [5.41, 5.74) is 1.59. The van der Waals surface area contributed by atoms with E-state index in [1.165, 1.54) is 22.5 Å². The minimum Gasteiger partial charge on any atom is -0.379 e. The van der Waals surface area contributed by atoms with E-state index in [0.717, 1.165) is 5.56 Å². The number of amides is 1. The molecule has 1 amide bonds. The van der Waals surface area contributed by atoms with E-state index < -0.39 is 15.9 Å². The molecule has 2 aromatic rings. The Morgan fingerprint density at radius 3 is 2.43 bits per heavy atom. The normalized spacial score (nSPS) is 16.5. The molecule has 0 aliphatic carbocycles. The van der Waals surface area contributed by atoms with Gasteiger partial charge in [-0.2, -0.15) is 4.31 Å². The number of carbonyl (C=O) groups is 1. The summed E-state index contributed by atoms with van der Waals surface area (Å²) < 4.78 is 45.6. The first-order valence-corrected chi connectivity index (χ1v) is 10.5. The van der Waals surface area contributed by atoms with E-state index in [0.29, 0.717) is 31.9 Å². The van der Waals surface area contributed by atoms with E-state index >= 15 is 0 Å². The molecule has 1 N–H and O–H groups in total. The van der Waals surface area contributed by atoms with Crippen molar-refractivity contribution in [2.24, 2.45) is 0 Å². The first-order valence-electron chi connectivity index (χ1n) is 9.04. The van der Waals surface area contributed by atoms with Gasteiger partial charge in [-0.1, -0.05) is 18.2 Å². The lowest BCUT2D eigenvalue weighted by Gasteiger charge is -2.26. The van der Waals surface area contributed by atoms with E-state index in [-0.39, 0.29) is 22.3 Å². The van der Waals surface area contributed by atoms with Gasteiger partial charge in [-0.3, -0.25) is 4.79 Å². The van der Waals surface area contributed by atoms with E-state index in [1.807, 2.05) is 0 Å². The molecular weight excluding hydrogens is 383 g/mol. The fourth-order valence-corrected chi connectivity index (χ4v) is 4.72. The lowest BCUT2D eigenvalue weighted by atomic mass is 10.1. The zero-order chi connectivity index (χ0) is 20.3. The number of sulfonamides is 1. The molecule has 1 heterocycles. The van der Waals surface area contributed by atoms with Crippen molar-refractivity contribution in [1.29, 1.82) is 0 Å². The van der Waals surface area contributed by atoms with Crippen molar-refractivity contribution in [2.75, 3.05) is 26.3 Å². The lowest BCUT2D eigenvalue weighted by Crippen LogP contribution is -2.41. The van der Waals surface area contributed by atoms with Crippen molar-refractivity contribution in [1.82, 2.24) is 9.62 Å². The molecule has 0 radical (unpaired) electrons. The SMILES string of the molecule is Cc1ccc(C(=O)NC(C)c2ccc(F)cc2)cc1S(=O)(=O)N1CCOCC1. The van der Waals surface area contributed by atoms with Crippen molar-refractivity contribution in [2.45, 2.75) is 24.8 Å². The summed E-state index contributed by atoms with van der Waals surface area (Å²) in [4.78, 5) is 12.8. The van der Waals surface area contributed by atoms with Gasteiger partial charge in [-0.05, 0) is 49.2 Å². The Labute approximate surface area is 164 Å². The van der Waals surface area contributed by atoms with Gasteiger partial charge < -0.3 is 10.1 Å². The molecule has 28 heavy (non-hydrogen) atoms. The summed E-state index contributed by atoms with van der Waals surface area (Å²) in [6, 6.07) is 10.1. The molecule has 6 nitrogen and oxygen atoms in total. The van der Waals surface area contributed by atoms with E-state index in [9.17, 15) is 17.6 Å². The molecule has 1 unspecified atom stereocenters. The maximum absolute atomic E-state index is 13.1. The van der Waals surface area contributed by atoms with Crippen LogP contribution in [-0.2, 0) is 14.8 Å². The number of morpholine rings is 1. The van der Waals surface area contributed by atoms with Gasteiger partial charge >= 0.3 is 0 Å². The number of hydrogen-bond acceptors (Lipinski definition) is 4. The van der Waals surface area contributed by atoms with E-state index in [4.69, 9.17) is 4.74 Å². The molecule has 0 aromatic heterocycles. The molecular formula is C20H23FN2O4S. The molecule has 2 aromatic carbocycles. The maximum atomic E-state index is 13.1. The number of nitrogens with one attached hydrogen (secondary N) is 1.